The van der Waals surface area contributed by atoms with Gasteiger partial charge in [0.2, 0.25) is 5.91 Å². The molecule has 0 spiro atoms. The average molecular weight is 350 g/mol. The molecule has 2 aromatic carbocycles. The molecule has 0 aliphatic rings. The van der Waals surface area contributed by atoms with Crippen LogP contribution in [-0.2, 0) is 11.2 Å². The Morgan fingerprint density at radius 2 is 1.77 bits per heavy atom. The van der Waals surface area contributed by atoms with Gasteiger partial charge in [0.1, 0.15) is 5.58 Å². The van der Waals surface area contributed by atoms with E-state index in [4.69, 9.17) is 4.42 Å². The molecule has 2 N–H and O–H groups in total. The molecule has 0 saturated heterocycles. The van der Waals surface area contributed by atoms with Crippen LogP contribution in [0.25, 0.3) is 11.0 Å². The molecular formula is C20H18N2O4. The van der Waals surface area contributed by atoms with Crippen LogP contribution in [0, 0.1) is 0 Å². The van der Waals surface area contributed by atoms with Crippen molar-refractivity contribution < 1.29 is 14.0 Å². The summed E-state index contributed by atoms with van der Waals surface area (Å²) in [5.74, 6) is -1.11. The molecule has 132 valence electrons. The van der Waals surface area contributed by atoms with Crippen molar-refractivity contribution in [2.45, 2.75) is 13.3 Å². The van der Waals surface area contributed by atoms with E-state index in [1.165, 1.54) is 0 Å². The molecule has 0 fully saturated rings. The highest BCUT2D eigenvalue weighted by Gasteiger charge is 2.14. The predicted octanol–water partition coefficient (Wildman–Crippen LogP) is 2.72. The number of rotatable bonds is 5. The first kappa shape index (κ1) is 17.4. The highest BCUT2D eigenvalue weighted by atomic mass is 16.3. The summed E-state index contributed by atoms with van der Waals surface area (Å²) in [5.41, 5.74) is 1.74. The fourth-order valence-electron chi connectivity index (χ4n) is 2.61. The third kappa shape index (κ3) is 3.80. The minimum atomic E-state index is -0.619. The van der Waals surface area contributed by atoms with E-state index in [0.717, 1.165) is 18.1 Å². The Kier molecular flexibility index (Phi) is 5.12. The Morgan fingerprint density at radius 3 is 2.58 bits per heavy atom. The Bertz CT molecular complexity index is 1020. The molecule has 2 amide bonds. The van der Waals surface area contributed by atoms with E-state index < -0.39 is 5.91 Å². The van der Waals surface area contributed by atoms with E-state index in [1.54, 1.807) is 30.3 Å². The molecule has 3 rings (SSSR count). The number of nitrogens with one attached hydrogen (secondary N) is 2. The number of hydrogen-bond donors (Lipinski definition) is 2. The first-order valence-electron chi connectivity index (χ1n) is 8.27. The average Bonchev–Trinajstić information content (AvgIpc) is 2.66. The molecule has 26 heavy (non-hydrogen) atoms. The lowest BCUT2D eigenvalue weighted by molar-refractivity contribution is -0.115. The predicted molar refractivity (Wildman–Crippen MR) is 99.3 cm³/mol. The van der Waals surface area contributed by atoms with Crippen LogP contribution in [0.5, 0.6) is 0 Å². The van der Waals surface area contributed by atoms with E-state index in [0.29, 0.717) is 16.7 Å². The van der Waals surface area contributed by atoms with Crippen molar-refractivity contribution in [2.24, 2.45) is 0 Å². The number of carbonyl (C=O) groups is 2. The van der Waals surface area contributed by atoms with Gasteiger partial charge in [-0.2, -0.15) is 0 Å². The second-order valence-electron chi connectivity index (χ2n) is 5.71. The van der Waals surface area contributed by atoms with Gasteiger partial charge in [0.15, 0.2) is 11.2 Å². The first-order valence-corrected chi connectivity index (χ1v) is 8.27. The minimum Gasteiger partial charge on any atom is -0.451 e. The number of benzene rings is 2. The molecule has 6 nitrogen and oxygen atoms in total. The van der Waals surface area contributed by atoms with Crippen LogP contribution in [0.1, 0.15) is 23.0 Å². The van der Waals surface area contributed by atoms with Gasteiger partial charge in [-0.25, -0.2) is 0 Å². The van der Waals surface area contributed by atoms with Crippen LogP contribution in [0.4, 0.5) is 5.69 Å². The Balaban J connectivity index is 1.67. The number of hydrogen-bond acceptors (Lipinski definition) is 4. The molecule has 1 heterocycles. The molecule has 1 aromatic heterocycles. The van der Waals surface area contributed by atoms with E-state index in [-0.39, 0.29) is 23.6 Å². The van der Waals surface area contributed by atoms with Gasteiger partial charge < -0.3 is 15.1 Å². The van der Waals surface area contributed by atoms with Gasteiger partial charge in [0.25, 0.3) is 5.91 Å². The SMILES string of the molecule is CCc1ccccc1NC(=O)CNC(=O)c1cc(=O)c2ccccc2o1. The Hall–Kier alpha value is -3.41. The summed E-state index contributed by atoms with van der Waals surface area (Å²) in [6, 6.07) is 15.3. The van der Waals surface area contributed by atoms with Crippen molar-refractivity contribution in [2.75, 3.05) is 11.9 Å². The molecule has 0 radical (unpaired) electrons. The van der Waals surface area contributed by atoms with Crippen molar-refractivity contribution in [3.8, 4) is 0 Å². The van der Waals surface area contributed by atoms with Crippen LogP contribution in [0.2, 0.25) is 0 Å². The lowest BCUT2D eigenvalue weighted by Crippen LogP contribution is -2.33. The molecule has 0 saturated carbocycles. The quantitative estimate of drug-likeness (QED) is 0.740. The third-order valence-corrected chi connectivity index (χ3v) is 3.94. The molecular weight excluding hydrogens is 332 g/mol. The molecule has 0 unspecified atom stereocenters. The van der Waals surface area contributed by atoms with E-state index in [1.807, 2.05) is 25.1 Å². The molecule has 3 aromatic rings. The van der Waals surface area contributed by atoms with Crippen molar-refractivity contribution in [3.63, 3.8) is 0 Å². The largest absolute Gasteiger partial charge is 0.451 e. The highest BCUT2D eigenvalue weighted by Crippen LogP contribution is 2.15. The van der Waals surface area contributed by atoms with Gasteiger partial charge in [-0.1, -0.05) is 37.3 Å². The van der Waals surface area contributed by atoms with Crippen LogP contribution in [0.3, 0.4) is 0 Å². The summed E-state index contributed by atoms with van der Waals surface area (Å²) in [4.78, 5) is 36.3. The molecule has 0 bridgehead atoms. The zero-order valence-electron chi connectivity index (χ0n) is 14.2. The molecule has 0 aliphatic heterocycles. The van der Waals surface area contributed by atoms with Gasteiger partial charge in [-0.05, 0) is 30.2 Å². The van der Waals surface area contributed by atoms with Gasteiger partial charge in [0.05, 0.1) is 11.9 Å². The minimum absolute atomic E-state index is 0.129. The Labute approximate surface area is 149 Å². The summed E-state index contributed by atoms with van der Waals surface area (Å²) in [6.07, 6.45) is 0.783. The monoisotopic (exact) mass is 350 g/mol. The first-order chi connectivity index (χ1) is 12.6. The van der Waals surface area contributed by atoms with Gasteiger partial charge in [-0.3, -0.25) is 14.4 Å². The second kappa shape index (κ2) is 7.65. The zero-order valence-corrected chi connectivity index (χ0v) is 14.2. The molecule has 0 atom stereocenters. The normalized spacial score (nSPS) is 10.5. The Morgan fingerprint density at radius 1 is 1.04 bits per heavy atom. The number of anilines is 1. The molecule has 0 aliphatic carbocycles. The van der Waals surface area contributed by atoms with Crippen LogP contribution in [0.15, 0.2) is 63.8 Å². The topological polar surface area (TPSA) is 88.4 Å². The zero-order chi connectivity index (χ0) is 18.5. The second-order valence-corrected chi connectivity index (χ2v) is 5.71. The van der Waals surface area contributed by atoms with E-state index >= 15 is 0 Å². The van der Waals surface area contributed by atoms with Crippen LogP contribution >= 0.6 is 0 Å². The molecule has 6 heteroatoms. The van der Waals surface area contributed by atoms with Gasteiger partial charge in [0, 0.05) is 11.8 Å². The summed E-state index contributed by atoms with van der Waals surface area (Å²) in [7, 11) is 0. The number of aryl methyl sites for hydroxylation is 1. The van der Waals surface area contributed by atoms with Crippen LogP contribution < -0.4 is 16.1 Å². The maximum absolute atomic E-state index is 12.2. The van der Waals surface area contributed by atoms with Crippen LogP contribution in [-0.4, -0.2) is 18.4 Å². The summed E-state index contributed by atoms with van der Waals surface area (Å²) < 4.78 is 5.45. The smallest absolute Gasteiger partial charge is 0.287 e. The fourth-order valence-corrected chi connectivity index (χ4v) is 2.61. The number of carbonyl (C=O) groups excluding carboxylic acids is 2. The van der Waals surface area contributed by atoms with E-state index in [9.17, 15) is 14.4 Å². The lowest BCUT2D eigenvalue weighted by Gasteiger charge is -2.10. The summed E-state index contributed by atoms with van der Waals surface area (Å²) in [6.45, 7) is 1.77. The maximum Gasteiger partial charge on any atom is 0.287 e. The van der Waals surface area contributed by atoms with Crippen molar-refractivity contribution in [1.29, 1.82) is 0 Å². The van der Waals surface area contributed by atoms with Crippen molar-refractivity contribution in [1.82, 2.24) is 5.32 Å². The van der Waals surface area contributed by atoms with E-state index in [2.05, 4.69) is 10.6 Å². The number of para-hydroxylation sites is 2. The number of fused-ring (bicyclic) bond motifs is 1. The van der Waals surface area contributed by atoms with Crippen molar-refractivity contribution in [3.05, 3.63) is 76.1 Å². The lowest BCUT2D eigenvalue weighted by atomic mass is 10.1. The van der Waals surface area contributed by atoms with Crippen molar-refractivity contribution >= 4 is 28.5 Å². The third-order valence-electron chi connectivity index (χ3n) is 3.94. The fraction of sp³-hybridized carbons (Fsp3) is 0.150. The summed E-state index contributed by atoms with van der Waals surface area (Å²) >= 11 is 0. The van der Waals surface area contributed by atoms with Gasteiger partial charge in [-0.15, -0.1) is 0 Å². The highest BCUT2D eigenvalue weighted by molar-refractivity contribution is 5.98. The van der Waals surface area contributed by atoms with Gasteiger partial charge >= 0.3 is 0 Å². The number of amides is 2. The standard InChI is InChI=1S/C20H18N2O4/c1-2-13-7-3-5-9-15(13)22-19(24)12-21-20(25)18-11-16(23)14-8-4-6-10-17(14)26-18/h3-11H,2,12H2,1H3,(H,21,25)(H,22,24). The summed E-state index contributed by atoms with van der Waals surface area (Å²) in [5, 5.41) is 5.63. The maximum atomic E-state index is 12.2.